The van der Waals surface area contributed by atoms with Gasteiger partial charge in [0.25, 0.3) is 0 Å². The third-order valence-electron chi connectivity index (χ3n) is 10.1. The zero-order valence-electron chi connectivity index (χ0n) is 30.1. The number of hydrogen-bond donors (Lipinski definition) is 1. The number of thiophene rings is 2. The van der Waals surface area contributed by atoms with Crippen molar-refractivity contribution in [1.29, 1.82) is 0 Å². The molecule has 0 spiro atoms. The molecular weight excluding hydrogens is 827 g/mol. The molecule has 3 aromatic heterocycles. The van der Waals surface area contributed by atoms with Gasteiger partial charge in [0.1, 0.15) is 5.76 Å². The van der Waals surface area contributed by atoms with E-state index < -0.39 is 0 Å². The number of aromatic nitrogens is 1. The molecule has 0 saturated carbocycles. The molecule has 2 aromatic carbocycles. The normalized spacial score (nSPS) is 12.6. The number of aliphatic hydroxyl groups excluding tert-OH is 1. The summed E-state index contributed by atoms with van der Waals surface area (Å²) in [5.41, 5.74) is 4.15. The van der Waals surface area contributed by atoms with Gasteiger partial charge < -0.3 is 10.1 Å². The maximum absolute atomic E-state index is 12.2. The Balaban J connectivity index is 0.000000301. The second-order valence-corrected chi connectivity index (χ2v) is 17.0. The number of fused-ring (bicyclic) bond motifs is 5. The summed E-state index contributed by atoms with van der Waals surface area (Å²) in [6.45, 7) is 25.0. The SMILES string of the molecule is C=CSc1c[c-]c(-c2nccc3sc4ccc5scc(C)c5c4c23)cc1C(C)(C)C.CCC(C)(CC)C(=O)/C=C(\O)C(C)(CC)CC.[Ir]. The van der Waals surface area contributed by atoms with Gasteiger partial charge in [0, 0.05) is 68.1 Å². The van der Waals surface area contributed by atoms with Crippen LogP contribution in [-0.2, 0) is 30.3 Å². The average Bonchev–Trinajstić information content (AvgIpc) is 3.63. The van der Waals surface area contributed by atoms with Crippen LogP contribution in [-0.4, -0.2) is 15.9 Å². The van der Waals surface area contributed by atoms with Crippen molar-refractivity contribution in [1.82, 2.24) is 4.98 Å². The smallest absolute Gasteiger partial charge is 0.164 e. The van der Waals surface area contributed by atoms with Gasteiger partial charge in [-0.2, -0.15) is 11.8 Å². The van der Waals surface area contributed by atoms with Gasteiger partial charge in [0.15, 0.2) is 5.78 Å². The number of benzene rings is 2. The van der Waals surface area contributed by atoms with Crippen molar-refractivity contribution in [3.63, 3.8) is 0 Å². The van der Waals surface area contributed by atoms with Gasteiger partial charge in [-0.25, -0.2) is 0 Å². The maximum atomic E-state index is 12.2. The molecule has 3 nitrogen and oxygen atoms in total. The van der Waals surface area contributed by atoms with Crippen LogP contribution in [0.3, 0.4) is 0 Å². The second kappa shape index (κ2) is 16.2. The zero-order chi connectivity index (χ0) is 34.7. The van der Waals surface area contributed by atoms with Gasteiger partial charge in [-0.05, 0) is 83.7 Å². The van der Waals surface area contributed by atoms with Gasteiger partial charge in [0.05, 0.1) is 0 Å². The van der Waals surface area contributed by atoms with E-state index in [0.29, 0.717) is 0 Å². The fourth-order valence-electron chi connectivity index (χ4n) is 5.76. The van der Waals surface area contributed by atoms with E-state index in [1.54, 1.807) is 11.8 Å². The number of nitrogens with zero attached hydrogens (tertiary/aromatic N) is 1. The fraction of sp³-hybridized carbons (Fsp3) is 0.415. The maximum Gasteiger partial charge on any atom is 0.164 e. The number of rotatable bonds is 10. The number of carbonyl (C=O) groups excluding carboxylic acids is 1. The van der Waals surface area contributed by atoms with Crippen molar-refractivity contribution in [3.05, 3.63) is 82.9 Å². The van der Waals surface area contributed by atoms with Crippen LogP contribution >= 0.6 is 34.4 Å². The van der Waals surface area contributed by atoms with Crippen LogP contribution in [0.25, 0.3) is 41.5 Å². The Morgan fingerprint density at radius 1 is 0.938 bits per heavy atom. The van der Waals surface area contributed by atoms with Crippen LogP contribution in [0.2, 0.25) is 0 Å². The fourth-order valence-corrected chi connectivity index (χ4v) is 8.62. The molecule has 259 valence electrons. The summed E-state index contributed by atoms with van der Waals surface area (Å²) in [6.07, 6.45) is 6.69. The molecule has 0 aliphatic heterocycles. The van der Waals surface area contributed by atoms with Gasteiger partial charge in [-0.1, -0.05) is 73.8 Å². The molecule has 3 heterocycles. The molecule has 0 atom stereocenters. The van der Waals surface area contributed by atoms with Crippen molar-refractivity contribution in [2.24, 2.45) is 10.8 Å². The van der Waals surface area contributed by atoms with Gasteiger partial charge >= 0.3 is 0 Å². The second-order valence-electron chi connectivity index (χ2n) is 14.0. The minimum Gasteiger partial charge on any atom is -0.512 e. The van der Waals surface area contributed by atoms with E-state index in [-0.39, 0.29) is 47.9 Å². The molecule has 1 N–H and O–H groups in total. The molecule has 5 rings (SSSR count). The molecule has 0 saturated heterocycles. The zero-order valence-corrected chi connectivity index (χ0v) is 34.9. The predicted octanol–water partition coefficient (Wildman–Crippen LogP) is 13.6. The molecule has 1 radical (unpaired) electrons. The molecule has 0 aliphatic rings. The van der Waals surface area contributed by atoms with E-state index >= 15 is 0 Å². The molecular formula is C41H50IrNO2S3-. The first-order chi connectivity index (χ1) is 22.2. The van der Waals surface area contributed by atoms with Crippen molar-refractivity contribution < 1.29 is 30.0 Å². The first kappa shape index (κ1) is 40.2. The van der Waals surface area contributed by atoms with Crippen LogP contribution < -0.4 is 0 Å². The van der Waals surface area contributed by atoms with E-state index in [9.17, 15) is 9.90 Å². The van der Waals surface area contributed by atoms with Gasteiger partial charge in [-0.3, -0.25) is 4.79 Å². The van der Waals surface area contributed by atoms with Crippen molar-refractivity contribution in [2.75, 3.05) is 0 Å². The Hall–Kier alpha value is -2.28. The summed E-state index contributed by atoms with van der Waals surface area (Å²) in [4.78, 5) is 18.3. The van der Waals surface area contributed by atoms with Crippen LogP contribution in [0.15, 0.2) is 70.6 Å². The molecule has 0 unspecified atom stereocenters. The van der Waals surface area contributed by atoms with Crippen LogP contribution in [0.4, 0.5) is 0 Å². The third kappa shape index (κ3) is 8.02. The third-order valence-corrected chi connectivity index (χ3v) is 13.0. The van der Waals surface area contributed by atoms with E-state index in [1.165, 1.54) is 52.4 Å². The summed E-state index contributed by atoms with van der Waals surface area (Å²) in [5.74, 6) is 0.286. The quantitative estimate of drug-likeness (QED) is 0.0657. The Morgan fingerprint density at radius 3 is 2.12 bits per heavy atom. The van der Waals surface area contributed by atoms with Gasteiger partial charge in [-0.15, -0.1) is 52.0 Å². The minimum atomic E-state index is -0.337. The molecule has 0 amide bonds. The van der Waals surface area contributed by atoms with E-state index in [2.05, 4.69) is 76.1 Å². The largest absolute Gasteiger partial charge is 0.512 e. The number of aryl methyl sites for hydroxylation is 1. The van der Waals surface area contributed by atoms with Crippen LogP contribution in [0.5, 0.6) is 0 Å². The number of aliphatic hydroxyl groups is 1. The summed E-state index contributed by atoms with van der Waals surface area (Å²) < 4.78 is 3.94. The standard InChI is InChI=1S/C26H22NS3.C15H28O2.Ir/c1-6-28-18-8-7-16(13-17(18)26(3,4)5)25-24-21(11-12-27-25)30-20-10-9-19-22(23(20)24)15(2)14-29-19;1-7-14(5,8-2)12(16)11-13(17)15(6,9-3)10-4;/h6,8-14H,1H2,2-5H3;11,16H,7-10H2,1-6H3;/q-1;;/b;12-11-;. The van der Waals surface area contributed by atoms with Crippen molar-refractivity contribution in [3.8, 4) is 11.3 Å². The number of carbonyl (C=O) groups is 1. The number of thioether (sulfide) groups is 1. The topological polar surface area (TPSA) is 50.2 Å². The summed E-state index contributed by atoms with van der Waals surface area (Å²) in [6, 6.07) is 14.6. The van der Waals surface area contributed by atoms with E-state index in [1.807, 2.05) is 75.8 Å². The van der Waals surface area contributed by atoms with E-state index in [0.717, 1.165) is 36.9 Å². The summed E-state index contributed by atoms with van der Waals surface area (Å²) in [7, 11) is 0. The number of pyridine rings is 1. The minimum absolute atomic E-state index is 0. The van der Waals surface area contributed by atoms with E-state index in [4.69, 9.17) is 4.98 Å². The summed E-state index contributed by atoms with van der Waals surface area (Å²) in [5, 5.41) is 18.2. The Labute approximate surface area is 313 Å². The Bertz CT molecular complexity index is 1930. The molecule has 0 aliphatic carbocycles. The first-order valence-electron chi connectivity index (χ1n) is 16.7. The van der Waals surface area contributed by atoms with Crippen molar-refractivity contribution in [2.45, 2.75) is 105 Å². The average molecular weight is 877 g/mol. The molecule has 0 bridgehead atoms. The number of ketones is 1. The number of hydrogen-bond acceptors (Lipinski definition) is 6. The molecule has 0 fully saturated rings. The molecule has 48 heavy (non-hydrogen) atoms. The monoisotopic (exact) mass is 877 g/mol. The molecule has 7 heteroatoms. The Kier molecular flexibility index (Phi) is 13.5. The number of allylic oxidation sites excluding steroid dienone is 2. The van der Waals surface area contributed by atoms with Crippen LogP contribution in [0, 0.1) is 23.8 Å². The van der Waals surface area contributed by atoms with Gasteiger partial charge in [0.2, 0.25) is 0 Å². The predicted molar refractivity (Wildman–Crippen MR) is 209 cm³/mol. The summed E-state index contributed by atoms with van der Waals surface area (Å²) >= 11 is 5.33. The molecule has 5 aromatic rings. The Morgan fingerprint density at radius 2 is 1.54 bits per heavy atom. The van der Waals surface area contributed by atoms with Crippen molar-refractivity contribution >= 4 is 70.5 Å². The first-order valence-corrected chi connectivity index (χ1v) is 19.2. The van der Waals surface area contributed by atoms with Crippen LogP contribution in [0.1, 0.15) is 99.1 Å².